The summed E-state index contributed by atoms with van der Waals surface area (Å²) in [6.45, 7) is 30.4. The van der Waals surface area contributed by atoms with E-state index in [2.05, 4.69) is 184 Å². The molecule has 56 heavy (non-hydrogen) atoms. The van der Waals surface area contributed by atoms with Gasteiger partial charge in [-0.2, -0.15) is 0 Å². The van der Waals surface area contributed by atoms with Crippen molar-refractivity contribution in [2.45, 2.75) is 112 Å². The SMILES string of the molecule is Cc1ccc(C(C)(C)C)cc1-c1cc(C(C)(C)C)cc2c1Nc1cc(-c3cccnc3)cc3c1B2c1cc(C(C)(C)C)cc2c4cc(C(C)(C)C)ccc4n-3c12. The number of hydrogen-bond acceptors (Lipinski definition) is 2. The van der Waals surface area contributed by atoms with E-state index in [1.54, 1.807) is 0 Å². The van der Waals surface area contributed by atoms with Crippen LogP contribution in [0.3, 0.4) is 0 Å². The maximum atomic E-state index is 4.57. The van der Waals surface area contributed by atoms with Gasteiger partial charge in [-0.25, -0.2) is 0 Å². The Morgan fingerprint density at radius 1 is 0.571 bits per heavy atom. The fourth-order valence-electron chi connectivity index (χ4n) is 9.15. The molecule has 9 rings (SSSR count). The van der Waals surface area contributed by atoms with Crippen molar-refractivity contribution in [3.63, 3.8) is 0 Å². The Morgan fingerprint density at radius 3 is 1.84 bits per heavy atom. The lowest BCUT2D eigenvalue weighted by Gasteiger charge is -2.37. The molecule has 0 saturated heterocycles. The summed E-state index contributed by atoms with van der Waals surface area (Å²) in [5.41, 5.74) is 21.9. The lowest BCUT2D eigenvalue weighted by molar-refractivity contribution is 0.589. The fraction of sp³-hybridized carbons (Fsp3) is 0.327. The van der Waals surface area contributed by atoms with Gasteiger partial charge in [0, 0.05) is 56.9 Å². The van der Waals surface area contributed by atoms with E-state index in [0.717, 1.165) is 11.1 Å². The Kier molecular flexibility index (Phi) is 7.81. The Bertz CT molecular complexity index is 2760. The molecule has 0 amide bonds. The highest BCUT2D eigenvalue weighted by Gasteiger charge is 2.42. The van der Waals surface area contributed by atoms with Crippen molar-refractivity contribution < 1.29 is 0 Å². The minimum absolute atomic E-state index is 0.0281. The molecule has 5 aromatic carbocycles. The van der Waals surface area contributed by atoms with Crippen LogP contribution in [0.4, 0.5) is 11.4 Å². The molecule has 4 heteroatoms. The van der Waals surface area contributed by atoms with E-state index in [4.69, 9.17) is 0 Å². The number of rotatable bonds is 2. The zero-order valence-electron chi connectivity index (χ0n) is 35.7. The van der Waals surface area contributed by atoms with E-state index < -0.39 is 0 Å². The minimum atomic E-state index is -0.0535. The number of anilines is 2. The van der Waals surface area contributed by atoms with Crippen molar-refractivity contribution >= 4 is 56.3 Å². The lowest BCUT2D eigenvalue weighted by Crippen LogP contribution is -2.59. The Labute approximate surface area is 334 Å². The summed E-state index contributed by atoms with van der Waals surface area (Å²) in [7, 11) is 0. The van der Waals surface area contributed by atoms with E-state index in [1.807, 2.05) is 18.5 Å². The van der Waals surface area contributed by atoms with E-state index in [9.17, 15) is 0 Å². The van der Waals surface area contributed by atoms with Gasteiger partial charge < -0.3 is 9.88 Å². The van der Waals surface area contributed by atoms with Crippen molar-refractivity contribution in [1.82, 2.24) is 9.55 Å². The molecule has 0 bridgehead atoms. The van der Waals surface area contributed by atoms with Crippen LogP contribution in [-0.2, 0) is 21.7 Å². The monoisotopic (exact) mass is 733 g/mol. The third kappa shape index (κ3) is 5.66. The van der Waals surface area contributed by atoms with Gasteiger partial charge >= 0.3 is 0 Å². The van der Waals surface area contributed by atoms with Crippen LogP contribution >= 0.6 is 0 Å². The van der Waals surface area contributed by atoms with Gasteiger partial charge in [0.2, 0.25) is 0 Å². The van der Waals surface area contributed by atoms with Crippen LogP contribution in [-0.4, -0.2) is 16.3 Å². The highest BCUT2D eigenvalue weighted by atomic mass is 15.0. The molecule has 0 atom stereocenters. The van der Waals surface area contributed by atoms with Gasteiger partial charge in [0.25, 0.3) is 6.71 Å². The molecule has 2 aliphatic rings. The second-order valence-corrected chi connectivity index (χ2v) is 20.8. The van der Waals surface area contributed by atoms with Crippen LogP contribution in [0, 0.1) is 6.92 Å². The van der Waals surface area contributed by atoms with Gasteiger partial charge in [0.15, 0.2) is 0 Å². The van der Waals surface area contributed by atoms with Crippen LogP contribution in [0.5, 0.6) is 0 Å². The highest BCUT2D eigenvalue weighted by Crippen LogP contribution is 2.44. The minimum Gasteiger partial charge on any atom is -0.356 e. The molecule has 0 aliphatic carbocycles. The molecule has 0 unspecified atom stereocenters. The van der Waals surface area contributed by atoms with Crippen LogP contribution < -0.4 is 21.7 Å². The zero-order valence-corrected chi connectivity index (χ0v) is 35.7. The predicted molar refractivity (Wildman–Crippen MR) is 243 cm³/mol. The number of nitrogens with one attached hydrogen (secondary N) is 1. The van der Waals surface area contributed by atoms with Crippen molar-refractivity contribution in [1.29, 1.82) is 0 Å². The first-order valence-corrected chi connectivity index (χ1v) is 20.5. The normalized spacial score (nSPS) is 13.9. The molecule has 0 saturated carbocycles. The molecule has 4 heterocycles. The first kappa shape index (κ1) is 36.5. The number of pyridine rings is 1. The average molecular weight is 734 g/mol. The summed E-state index contributed by atoms with van der Waals surface area (Å²) in [4.78, 5) is 4.57. The van der Waals surface area contributed by atoms with E-state index in [-0.39, 0.29) is 28.4 Å². The van der Waals surface area contributed by atoms with Gasteiger partial charge in [-0.15, -0.1) is 0 Å². The molecule has 2 aromatic heterocycles. The maximum Gasteiger partial charge on any atom is 0.252 e. The molecule has 2 aliphatic heterocycles. The first-order chi connectivity index (χ1) is 26.2. The summed E-state index contributed by atoms with van der Waals surface area (Å²) < 4.78 is 2.59. The number of fused-ring (bicyclic) bond motifs is 7. The average Bonchev–Trinajstić information content (AvgIpc) is 3.46. The summed E-state index contributed by atoms with van der Waals surface area (Å²) in [6, 6.07) is 33.4. The van der Waals surface area contributed by atoms with Crippen LogP contribution in [0.15, 0.2) is 97.3 Å². The third-order valence-electron chi connectivity index (χ3n) is 12.6. The summed E-state index contributed by atoms with van der Waals surface area (Å²) in [6.07, 6.45) is 3.86. The van der Waals surface area contributed by atoms with Crippen molar-refractivity contribution in [3.8, 4) is 27.9 Å². The van der Waals surface area contributed by atoms with Crippen LogP contribution in [0.2, 0.25) is 0 Å². The zero-order chi connectivity index (χ0) is 39.9. The Hall–Kier alpha value is -5.09. The summed E-state index contributed by atoms with van der Waals surface area (Å²) in [5.74, 6) is 0. The number of aromatic nitrogens is 2. The van der Waals surface area contributed by atoms with Gasteiger partial charge in [0.1, 0.15) is 0 Å². The molecule has 3 nitrogen and oxygen atoms in total. The maximum absolute atomic E-state index is 4.57. The van der Waals surface area contributed by atoms with Gasteiger partial charge in [-0.1, -0.05) is 126 Å². The van der Waals surface area contributed by atoms with Gasteiger partial charge in [-0.3, -0.25) is 4.98 Å². The van der Waals surface area contributed by atoms with Gasteiger partial charge in [-0.05, 0) is 126 Å². The molecule has 0 radical (unpaired) electrons. The third-order valence-corrected chi connectivity index (χ3v) is 12.6. The largest absolute Gasteiger partial charge is 0.356 e. The lowest BCUT2D eigenvalue weighted by atomic mass is 9.33. The fourth-order valence-corrected chi connectivity index (χ4v) is 9.15. The highest BCUT2D eigenvalue weighted by molar-refractivity contribution is 7.00. The van der Waals surface area contributed by atoms with Crippen LogP contribution in [0.25, 0.3) is 49.7 Å². The predicted octanol–water partition coefficient (Wildman–Crippen LogP) is 11.9. The van der Waals surface area contributed by atoms with E-state index in [1.165, 1.54) is 94.2 Å². The number of aryl methyl sites for hydroxylation is 1. The quantitative estimate of drug-likeness (QED) is 0.179. The number of nitrogens with zero attached hydrogens (tertiary/aromatic N) is 2. The molecular formula is C52H56BN3. The number of hydrogen-bond donors (Lipinski definition) is 1. The van der Waals surface area contributed by atoms with Crippen molar-refractivity contribution in [2.75, 3.05) is 5.32 Å². The molecule has 0 spiro atoms. The van der Waals surface area contributed by atoms with Crippen LogP contribution in [0.1, 0.15) is 111 Å². The second-order valence-electron chi connectivity index (χ2n) is 20.8. The standard InChI is InChI=1S/C52H56BN3/c1-30-16-17-33(49(2,3)4)23-37(30)39-25-35(51(8,9)10)27-41-47(39)55-43-21-32(31-15-14-20-54-29-31)22-45-46(43)53(41)42-28-36(52(11,12)13)26-40-38-24-34(50(5,6)7)18-19-44(38)56(45)48(40)42/h14-29,55H,1-13H3. The number of benzene rings is 5. The van der Waals surface area contributed by atoms with Crippen molar-refractivity contribution in [2.24, 2.45) is 0 Å². The molecule has 282 valence electrons. The topological polar surface area (TPSA) is 29.9 Å². The summed E-state index contributed by atoms with van der Waals surface area (Å²) >= 11 is 0. The molecule has 0 fully saturated rings. The molecular weight excluding hydrogens is 677 g/mol. The Morgan fingerprint density at radius 2 is 1.18 bits per heavy atom. The molecule has 7 aromatic rings. The second kappa shape index (κ2) is 12.0. The van der Waals surface area contributed by atoms with E-state index in [0.29, 0.717) is 0 Å². The first-order valence-electron chi connectivity index (χ1n) is 20.5. The van der Waals surface area contributed by atoms with E-state index >= 15 is 0 Å². The van der Waals surface area contributed by atoms with Crippen molar-refractivity contribution in [3.05, 3.63) is 125 Å². The summed E-state index contributed by atoms with van der Waals surface area (Å²) in [5, 5.41) is 6.83. The van der Waals surface area contributed by atoms with Gasteiger partial charge in [0.05, 0.1) is 5.52 Å². The smallest absolute Gasteiger partial charge is 0.252 e. The Balaban J connectivity index is 1.47. The molecule has 1 N–H and O–H groups in total.